The molecule has 4 rings (SSSR count). The second kappa shape index (κ2) is 8.73. The van der Waals surface area contributed by atoms with Crippen molar-refractivity contribution in [3.8, 4) is 11.3 Å². The van der Waals surface area contributed by atoms with E-state index in [0.717, 1.165) is 36.6 Å². The van der Waals surface area contributed by atoms with E-state index in [-0.39, 0.29) is 0 Å². The first-order chi connectivity index (χ1) is 14.2. The van der Waals surface area contributed by atoms with E-state index in [1.54, 1.807) is 4.90 Å². The van der Waals surface area contributed by atoms with Gasteiger partial charge in [-0.2, -0.15) is 4.98 Å². The van der Waals surface area contributed by atoms with Crippen LogP contribution in [0.25, 0.3) is 11.3 Å². The lowest BCUT2D eigenvalue weighted by molar-refractivity contribution is -0.118. The van der Waals surface area contributed by atoms with Crippen LogP contribution in [0.1, 0.15) is 11.1 Å². The quantitative estimate of drug-likeness (QED) is 0.658. The van der Waals surface area contributed by atoms with Crippen molar-refractivity contribution >= 4 is 18.2 Å². The molecule has 1 N–H and O–H groups in total. The molecule has 2 heterocycles. The first-order valence-electron chi connectivity index (χ1n) is 9.90. The lowest BCUT2D eigenvalue weighted by Gasteiger charge is -2.33. The fourth-order valence-corrected chi connectivity index (χ4v) is 3.47. The third-order valence-corrected chi connectivity index (χ3v) is 5.27. The maximum atomic E-state index is 11.0. The van der Waals surface area contributed by atoms with Crippen LogP contribution in [0.4, 0.5) is 11.8 Å². The van der Waals surface area contributed by atoms with E-state index in [9.17, 15) is 4.79 Å². The molecule has 1 amide bonds. The van der Waals surface area contributed by atoms with E-state index in [0.29, 0.717) is 25.6 Å². The van der Waals surface area contributed by atoms with Crippen LogP contribution in [0.3, 0.4) is 0 Å². The highest BCUT2D eigenvalue weighted by Crippen LogP contribution is 2.24. The smallest absolute Gasteiger partial charge is 0.225 e. The molecule has 3 aromatic rings. The van der Waals surface area contributed by atoms with Gasteiger partial charge in [-0.25, -0.2) is 4.98 Å². The van der Waals surface area contributed by atoms with E-state index in [1.165, 1.54) is 11.1 Å². The van der Waals surface area contributed by atoms with Gasteiger partial charge in [0.2, 0.25) is 12.4 Å². The number of nitrogens with zero attached hydrogens (tertiary/aromatic N) is 4. The summed E-state index contributed by atoms with van der Waals surface area (Å²) in [5, 5.41) is 3.40. The van der Waals surface area contributed by atoms with Crippen LogP contribution in [0.15, 0.2) is 60.7 Å². The fourth-order valence-electron chi connectivity index (χ4n) is 3.47. The number of hydrogen-bond acceptors (Lipinski definition) is 5. The summed E-state index contributed by atoms with van der Waals surface area (Å²) in [7, 11) is 0. The third-order valence-electron chi connectivity index (χ3n) is 5.27. The number of amides is 1. The van der Waals surface area contributed by atoms with Crippen molar-refractivity contribution in [1.82, 2.24) is 14.9 Å². The normalized spacial score (nSPS) is 14.0. The molecule has 1 saturated heterocycles. The Morgan fingerprint density at radius 2 is 1.69 bits per heavy atom. The summed E-state index contributed by atoms with van der Waals surface area (Å²) in [5.74, 6) is 1.50. The van der Waals surface area contributed by atoms with E-state index < -0.39 is 0 Å². The summed E-state index contributed by atoms with van der Waals surface area (Å²) in [6.07, 6.45) is 0.919. The number of hydrogen-bond donors (Lipinski definition) is 1. The number of carbonyl (C=O) groups excluding carboxylic acids is 1. The summed E-state index contributed by atoms with van der Waals surface area (Å²) in [6.45, 7) is 5.72. The molecule has 0 atom stereocenters. The molecule has 0 aliphatic carbocycles. The fraction of sp³-hybridized carbons (Fsp3) is 0.261. The maximum absolute atomic E-state index is 11.0. The Bertz CT molecular complexity index is 968. The van der Waals surface area contributed by atoms with Gasteiger partial charge in [-0.1, -0.05) is 54.6 Å². The highest BCUT2D eigenvalue weighted by Gasteiger charge is 2.18. The zero-order chi connectivity index (χ0) is 20.1. The van der Waals surface area contributed by atoms with E-state index in [2.05, 4.69) is 41.4 Å². The zero-order valence-electron chi connectivity index (χ0n) is 16.6. The van der Waals surface area contributed by atoms with Crippen LogP contribution < -0.4 is 10.2 Å². The number of rotatable bonds is 6. The van der Waals surface area contributed by atoms with Crippen LogP contribution in [0, 0.1) is 6.92 Å². The lowest BCUT2D eigenvalue weighted by atomic mass is 10.1. The second-order valence-corrected chi connectivity index (χ2v) is 7.21. The highest BCUT2D eigenvalue weighted by molar-refractivity contribution is 5.65. The topological polar surface area (TPSA) is 61.4 Å². The first kappa shape index (κ1) is 18.9. The summed E-state index contributed by atoms with van der Waals surface area (Å²) < 4.78 is 0. The summed E-state index contributed by atoms with van der Waals surface area (Å²) in [5.41, 5.74) is 4.41. The van der Waals surface area contributed by atoms with Gasteiger partial charge in [0.1, 0.15) is 5.82 Å². The van der Waals surface area contributed by atoms with Crippen molar-refractivity contribution in [2.24, 2.45) is 0 Å². The van der Waals surface area contributed by atoms with E-state index in [1.807, 2.05) is 36.4 Å². The standard InChI is InChI=1S/C23H25N5O/c1-18-7-5-6-10-20(18)16-24-23-25-21(19-8-3-2-4-9-19)15-22(26-23)28-13-11-27(17-29)12-14-28/h2-10,15,17H,11-14,16H2,1H3,(H,24,25,26). The number of anilines is 2. The first-order valence-corrected chi connectivity index (χ1v) is 9.90. The van der Waals surface area contributed by atoms with Crippen molar-refractivity contribution in [2.45, 2.75) is 13.5 Å². The molecule has 1 aromatic heterocycles. The van der Waals surface area contributed by atoms with E-state index in [4.69, 9.17) is 9.97 Å². The predicted molar refractivity (Wildman–Crippen MR) is 116 cm³/mol. The van der Waals surface area contributed by atoms with Gasteiger partial charge >= 0.3 is 0 Å². The van der Waals surface area contributed by atoms with Crippen molar-refractivity contribution in [3.05, 3.63) is 71.8 Å². The SMILES string of the molecule is Cc1ccccc1CNc1nc(-c2ccccc2)cc(N2CCN(C=O)CC2)n1. The van der Waals surface area contributed by atoms with Gasteiger partial charge in [0.15, 0.2) is 0 Å². The predicted octanol–water partition coefficient (Wildman–Crippen LogP) is 3.34. The Labute approximate surface area is 171 Å². The molecule has 0 bridgehead atoms. The molecule has 6 nitrogen and oxygen atoms in total. The number of carbonyl (C=O) groups is 1. The molecule has 0 radical (unpaired) electrons. The molecule has 1 fully saturated rings. The molecule has 6 heteroatoms. The van der Waals surface area contributed by atoms with Crippen LogP contribution in [-0.4, -0.2) is 47.5 Å². The van der Waals surface area contributed by atoms with Gasteiger partial charge in [-0.3, -0.25) is 4.79 Å². The van der Waals surface area contributed by atoms with Crippen LogP contribution >= 0.6 is 0 Å². The van der Waals surface area contributed by atoms with Gasteiger partial charge in [-0.05, 0) is 18.1 Å². The number of benzene rings is 2. The second-order valence-electron chi connectivity index (χ2n) is 7.21. The minimum atomic E-state index is 0.613. The monoisotopic (exact) mass is 387 g/mol. The van der Waals surface area contributed by atoms with Crippen molar-refractivity contribution in [1.29, 1.82) is 0 Å². The highest BCUT2D eigenvalue weighted by atomic mass is 16.1. The Kier molecular flexibility index (Phi) is 5.70. The van der Waals surface area contributed by atoms with Gasteiger partial charge in [0.25, 0.3) is 0 Å². The van der Waals surface area contributed by atoms with Gasteiger partial charge in [-0.15, -0.1) is 0 Å². The largest absolute Gasteiger partial charge is 0.353 e. The molecule has 1 aliphatic rings. The number of piperazine rings is 1. The van der Waals surface area contributed by atoms with Gasteiger partial charge in [0.05, 0.1) is 5.69 Å². The molecule has 0 unspecified atom stereocenters. The number of nitrogens with one attached hydrogen (secondary N) is 1. The molecular formula is C23H25N5O. The molecule has 0 saturated carbocycles. The summed E-state index contributed by atoms with van der Waals surface area (Å²) >= 11 is 0. The lowest BCUT2D eigenvalue weighted by Crippen LogP contribution is -2.46. The molecule has 2 aromatic carbocycles. The minimum absolute atomic E-state index is 0.613. The van der Waals surface area contributed by atoms with Crippen LogP contribution in [-0.2, 0) is 11.3 Å². The van der Waals surface area contributed by atoms with Gasteiger partial charge in [0, 0.05) is 44.4 Å². The van der Waals surface area contributed by atoms with Crippen LogP contribution in [0.5, 0.6) is 0 Å². The summed E-state index contributed by atoms with van der Waals surface area (Å²) in [4.78, 5) is 24.6. The Morgan fingerprint density at radius 1 is 0.966 bits per heavy atom. The summed E-state index contributed by atoms with van der Waals surface area (Å²) in [6, 6.07) is 20.5. The average Bonchev–Trinajstić information content (AvgIpc) is 2.79. The van der Waals surface area contributed by atoms with Crippen LogP contribution in [0.2, 0.25) is 0 Å². The molecule has 0 spiro atoms. The molecule has 1 aliphatic heterocycles. The third kappa shape index (κ3) is 4.54. The number of aryl methyl sites for hydroxylation is 1. The Hall–Kier alpha value is -3.41. The minimum Gasteiger partial charge on any atom is -0.353 e. The van der Waals surface area contributed by atoms with Crippen molar-refractivity contribution < 1.29 is 4.79 Å². The Balaban J connectivity index is 1.61. The van der Waals surface area contributed by atoms with Crippen molar-refractivity contribution in [2.75, 3.05) is 36.4 Å². The number of aromatic nitrogens is 2. The zero-order valence-corrected chi connectivity index (χ0v) is 16.6. The van der Waals surface area contributed by atoms with Crippen molar-refractivity contribution in [3.63, 3.8) is 0 Å². The molecule has 148 valence electrons. The van der Waals surface area contributed by atoms with Gasteiger partial charge < -0.3 is 15.1 Å². The Morgan fingerprint density at radius 3 is 2.41 bits per heavy atom. The molecule has 29 heavy (non-hydrogen) atoms. The molecular weight excluding hydrogens is 362 g/mol. The average molecular weight is 387 g/mol. The van der Waals surface area contributed by atoms with E-state index >= 15 is 0 Å². The maximum Gasteiger partial charge on any atom is 0.225 e.